The molecule has 30 heavy (non-hydrogen) atoms. The van der Waals surface area contributed by atoms with Gasteiger partial charge in [-0.15, -0.1) is 23.5 Å². The van der Waals surface area contributed by atoms with Gasteiger partial charge < -0.3 is 23.7 Å². The molecule has 0 saturated carbocycles. The maximum absolute atomic E-state index is 5.80. The molecule has 168 valence electrons. The highest BCUT2D eigenvalue weighted by Crippen LogP contribution is 2.43. The van der Waals surface area contributed by atoms with E-state index in [1.165, 1.54) is 0 Å². The molecule has 0 aliphatic heterocycles. The fourth-order valence-electron chi connectivity index (χ4n) is 3.17. The Bertz CT molecular complexity index is 778. The quantitative estimate of drug-likeness (QED) is 0.261. The third-order valence-corrected chi connectivity index (χ3v) is 6.78. The number of rotatable bonds is 14. The number of hydrogen-bond donors (Lipinski definition) is 0. The maximum Gasteiger partial charge on any atom is 0.166 e. The fourth-order valence-corrected chi connectivity index (χ4v) is 5.17. The van der Waals surface area contributed by atoms with Crippen LogP contribution in [-0.4, -0.2) is 57.9 Å². The minimum atomic E-state index is -0.231. The standard InChI is InChI=1S/C23H34O5S2/c1-7-26-16(4)14-29-19-12-10-18-17(22(19)24-5)11-13-20(23(18)25-6)30-15-21(27-8-2)28-9-3/h10-13,16,21H,7-9,14-15H2,1-6H3. The van der Waals surface area contributed by atoms with Gasteiger partial charge in [0, 0.05) is 42.1 Å². The first-order valence-corrected chi connectivity index (χ1v) is 12.3. The molecular formula is C23H34O5S2. The molecule has 0 heterocycles. The molecule has 2 rings (SSSR count). The summed E-state index contributed by atoms with van der Waals surface area (Å²) in [5.41, 5.74) is 0. The third-order valence-electron chi connectivity index (χ3n) is 4.44. The van der Waals surface area contributed by atoms with E-state index in [-0.39, 0.29) is 12.4 Å². The summed E-state index contributed by atoms with van der Waals surface area (Å²) in [6.45, 7) is 10.0. The molecule has 0 N–H and O–H groups in total. The van der Waals surface area contributed by atoms with Gasteiger partial charge in [-0.3, -0.25) is 0 Å². The molecule has 1 atom stereocenters. The van der Waals surface area contributed by atoms with Crippen molar-refractivity contribution in [2.24, 2.45) is 0 Å². The van der Waals surface area contributed by atoms with E-state index >= 15 is 0 Å². The van der Waals surface area contributed by atoms with E-state index in [4.69, 9.17) is 23.7 Å². The van der Waals surface area contributed by atoms with Crippen molar-refractivity contribution in [3.05, 3.63) is 24.3 Å². The van der Waals surface area contributed by atoms with Crippen molar-refractivity contribution in [2.45, 2.75) is 49.9 Å². The highest BCUT2D eigenvalue weighted by molar-refractivity contribution is 7.99. The van der Waals surface area contributed by atoms with Crippen molar-refractivity contribution in [1.82, 2.24) is 0 Å². The first-order valence-electron chi connectivity index (χ1n) is 10.4. The summed E-state index contributed by atoms with van der Waals surface area (Å²) in [7, 11) is 3.43. The largest absolute Gasteiger partial charge is 0.495 e. The highest BCUT2D eigenvalue weighted by atomic mass is 32.2. The van der Waals surface area contributed by atoms with Crippen molar-refractivity contribution in [3.8, 4) is 11.5 Å². The maximum atomic E-state index is 5.80. The minimum absolute atomic E-state index is 0.192. The smallest absolute Gasteiger partial charge is 0.166 e. The van der Waals surface area contributed by atoms with Gasteiger partial charge in [0.2, 0.25) is 0 Å². The van der Waals surface area contributed by atoms with E-state index in [1.807, 2.05) is 20.8 Å². The van der Waals surface area contributed by atoms with Crippen molar-refractivity contribution in [1.29, 1.82) is 0 Å². The van der Waals surface area contributed by atoms with Gasteiger partial charge in [-0.05, 0) is 52.0 Å². The average Bonchev–Trinajstić information content (AvgIpc) is 2.75. The van der Waals surface area contributed by atoms with Crippen molar-refractivity contribution >= 4 is 34.3 Å². The average molecular weight is 455 g/mol. The molecule has 0 aliphatic rings. The van der Waals surface area contributed by atoms with Crippen LogP contribution in [0.2, 0.25) is 0 Å². The van der Waals surface area contributed by atoms with Crippen LogP contribution in [0.1, 0.15) is 27.7 Å². The van der Waals surface area contributed by atoms with E-state index < -0.39 is 0 Å². The fraction of sp³-hybridized carbons (Fsp3) is 0.565. The zero-order chi connectivity index (χ0) is 21.9. The topological polar surface area (TPSA) is 46.2 Å². The number of benzene rings is 2. The van der Waals surface area contributed by atoms with Gasteiger partial charge in [0.1, 0.15) is 11.5 Å². The summed E-state index contributed by atoms with van der Waals surface area (Å²) in [6, 6.07) is 8.40. The molecule has 0 saturated heterocycles. The van der Waals surface area contributed by atoms with Gasteiger partial charge in [-0.25, -0.2) is 0 Å². The lowest BCUT2D eigenvalue weighted by Gasteiger charge is -2.19. The summed E-state index contributed by atoms with van der Waals surface area (Å²) >= 11 is 3.42. The Hall–Kier alpha value is -1.12. The Balaban J connectivity index is 2.29. The Morgan fingerprint density at radius 1 is 0.700 bits per heavy atom. The van der Waals surface area contributed by atoms with Crippen LogP contribution >= 0.6 is 23.5 Å². The van der Waals surface area contributed by atoms with E-state index in [0.717, 1.165) is 44.4 Å². The molecule has 0 fully saturated rings. The summed E-state index contributed by atoms with van der Waals surface area (Å²) < 4.78 is 28.6. The Morgan fingerprint density at radius 3 is 1.60 bits per heavy atom. The van der Waals surface area contributed by atoms with Crippen molar-refractivity contribution in [3.63, 3.8) is 0 Å². The van der Waals surface area contributed by atoms with Crippen LogP contribution in [-0.2, 0) is 14.2 Å². The summed E-state index contributed by atoms with van der Waals surface area (Å²) in [6.07, 6.45) is -0.0385. The second-order valence-electron chi connectivity index (χ2n) is 6.52. The van der Waals surface area contributed by atoms with Gasteiger partial charge in [-0.1, -0.05) is 0 Å². The molecule has 2 aromatic rings. The number of fused-ring (bicyclic) bond motifs is 1. The first-order chi connectivity index (χ1) is 14.6. The zero-order valence-electron chi connectivity index (χ0n) is 18.9. The molecule has 0 aromatic heterocycles. The van der Waals surface area contributed by atoms with E-state index in [0.29, 0.717) is 19.0 Å². The van der Waals surface area contributed by atoms with Crippen LogP contribution in [0.3, 0.4) is 0 Å². The van der Waals surface area contributed by atoms with Gasteiger partial charge in [0.05, 0.1) is 30.1 Å². The van der Waals surface area contributed by atoms with Crippen molar-refractivity contribution in [2.75, 3.05) is 45.5 Å². The van der Waals surface area contributed by atoms with Crippen LogP contribution in [0.15, 0.2) is 34.1 Å². The molecule has 2 aromatic carbocycles. The Morgan fingerprint density at radius 2 is 1.17 bits per heavy atom. The first kappa shape index (κ1) is 25.1. The number of hydrogen-bond acceptors (Lipinski definition) is 7. The number of ether oxygens (including phenoxy) is 5. The molecule has 0 bridgehead atoms. The third kappa shape index (κ3) is 6.69. The normalized spacial score (nSPS) is 12.5. The van der Waals surface area contributed by atoms with E-state index in [1.54, 1.807) is 37.7 Å². The van der Waals surface area contributed by atoms with Gasteiger partial charge >= 0.3 is 0 Å². The van der Waals surface area contributed by atoms with E-state index in [2.05, 4.69) is 31.2 Å². The molecule has 0 radical (unpaired) electrons. The van der Waals surface area contributed by atoms with E-state index in [9.17, 15) is 0 Å². The predicted molar refractivity (Wildman–Crippen MR) is 127 cm³/mol. The number of thioether (sulfide) groups is 2. The summed E-state index contributed by atoms with van der Waals surface area (Å²) in [5.74, 6) is 3.29. The monoisotopic (exact) mass is 454 g/mol. The van der Waals surface area contributed by atoms with Crippen LogP contribution in [0, 0.1) is 0 Å². The molecule has 1 unspecified atom stereocenters. The summed E-state index contributed by atoms with van der Waals surface area (Å²) in [5, 5.41) is 2.07. The SMILES string of the molecule is CCOC(C)CSc1ccc2c(OC)c(SCC(OCC)OCC)ccc2c1OC. The molecule has 5 nitrogen and oxygen atoms in total. The Labute approximate surface area is 189 Å². The van der Waals surface area contributed by atoms with Crippen LogP contribution in [0.25, 0.3) is 10.8 Å². The lowest BCUT2D eigenvalue weighted by Crippen LogP contribution is -2.20. The summed E-state index contributed by atoms with van der Waals surface area (Å²) in [4.78, 5) is 2.16. The minimum Gasteiger partial charge on any atom is -0.495 e. The van der Waals surface area contributed by atoms with Crippen LogP contribution in [0.5, 0.6) is 11.5 Å². The highest BCUT2D eigenvalue weighted by Gasteiger charge is 2.17. The van der Waals surface area contributed by atoms with Gasteiger partial charge in [0.15, 0.2) is 6.29 Å². The molecule has 0 amide bonds. The number of methoxy groups -OCH3 is 2. The Kier molecular flexibility index (Phi) is 11.2. The molecule has 0 spiro atoms. The predicted octanol–water partition coefficient (Wildman–Crippen LogP) is 5.87. The van der Waals surface area contributed by atoms with Gasteiger partial charge in [-0.2, -0.15) is 0 Å². The molecular weight excluding hydrogens is 420 g/mol. The van der Waals surface area contributed by atoms with Crippen molar-refractivity contribution < 1.29 is 23.7 Å². The molecule has 7 heteroatoms. The lowest BCUT2D eigenvalue weighted by molar-refractivity contribution is -0.120. The second kappa shape index (κ2) is 13.3. The van der Waals surface area contributed by atoms with Crippen LogP contribution in [0.4, 0.5) is 0 Å². The molecule has 0 aliphatic carbocycles. The van der Waals surface area contributed by atoms with Crippen LogP contribution < -0.4 is 9.47 Å². The lowest BCUT2D eigenvalue weighted by atomic mass is 10.1. The zero-order valence-corrected chi connectivity index (χ0v) is 20.5. The second-order valence-corrected chi connectivity index (χ2v) is 8.64. The van der Waals surface area contributed by atoms with Gasteiger partial charge in [0.25, 0.3) is 0 Å².